The maximum Gasteiger partial charge on any atom is 0.408 e. The number of benzene rings is 2. The average Bonchev–Trinajstić information content (AvgIpc) is 2.82. The van der Waals surface area contributed by atoms with Gasteiger partial charge < -0.3 is 20.5 Å². The maximum atomic E-state index is 13.1. The number of hydrogen-bond acceptors (Lipinski definition) is 9. The van der Waals surface area contributed by atoms with Crippen molar-refractivity contribution in [1.29, 1.82) is 0 Å². The van der Waals surface area contributed by atoms with Crippen LogP contribution in [0.2, 0.25) is 0 Å². The smallest absolute Gasteiger partial charge is 0.408 e. The Kier molecular flexibility index (Phi) is 9.12. The number of rotatable bonds is 9. The molecule has 0 unspecified atom stereocenters. The third-order valence-corrected chi connectivity index (χ3v) is 6.42. The van der Waals surface area contributed by atoms with Crippen LogP contribution in [-0.4, -0.2) is 42.0 Å². The maximum absolute atomic E-state index is 13.1. The molecule has 0 radical (unpaired) electrons. The van der Waals surface area contributed by atoms with Gasteiger partial charge in [-0.15, -0.1) is 0 Å². The number of nitrogens with two attached hydrogens (primary N) is 1. The standard InChI is InChI=1S/C27H33N5O6S/c1-17(2)14-22(30-26(34)38-27(3,4)5)24(33)32-39(35,36)20-13-9-10-18(15-20)21-16-23(31-25(28)29-21)37-19-11-7-6-8-12-19/h6-13,15-17,22H,14H2,1-5H3,(H,30,34)(H,32,33)(H2,28,29,31)/t22-/m0/s1. The molecule has 0 fully saturated rings. The molecule has 39 heavy (non-hydrogen) atoms. The molecule has 12 heteroatoms. The first-order valence-electron chi connectivity index (χ1n) is 12.3. The topological polar surface area (TPSA) is 163 Å². The largest absolute Gasteiger partial charge is 0.444 e. The molecule has 3 aromatic rings. The molecule has 11 nitrogen and oxygen atoms in total. The Hall–Kier alpha value is -4.19. The number of alkyl carbamates (subject to hydrolysis) is 1. The van der Waals surface area contributed by atoms with Crippen molar-refractivity contribution in [2.75, 3.05) is 5.73 Å². The van der Waals surface area contributed by atoms with Crippen molar-refractivity contribution in [1.82, 2.24) is 20.0 Å². The second-order valence-corrected chi connectivity index (χ2v) is 11.9. The fourth-order valence-corrected chi connectivity index (χ4v) is 4.55. The van der Waals surface area contributed by atoms with E-state index in [0.29, 0.717) is 17.0 Å². The third kappa shape index (κ3) is 8.95. The summed E-state index contributed by atoms with van der Waals surface area (Å²) in [5.41, 5.74) is 5.81. The first-order valence-corrected chi connectivity index (χ1v) is 13.7. The Bertz CT molecular complexity index is 1420. The van der Waals surface area contributed by atoms with E-state index in [4.69, 9.17) is 15.2 Å². The van der Waals surface area contributed by atoms with Crippen molar-refractivity contribution in [3.05, 3.63) is 60.7 Å². The summed E-state index contributed by atoms with van der Waals surface area (Å²) in [6, 6.07) is 15.2. The molecular formula is C27H33N5O6S. The average molecular weight is 556 g/mol. The Morgan fingerprint density at radius 3 is 2.33 bits per heavy atom. The van der Waals surface area contributed by atoms with Gasteiger partial charge in [0.05, 0.1) is 10.6 Å². The number of nitrogens with zero attached hydrogens (tertiary/aromatic N) is 2. The molecule has 0 aliphatic carbocycles. The number of sulfonamides is 1. The Morgan fingerprint density at radius 1 is 1.00 bits per heavy atom. The lowest BCUT2D eigenvalue weighted by molar-refractivity contribution is -0.121. The number of hydrogen-bond donors (Lipinski definition) is 3. The zero-order valence-electron chi connectivity index (χ0n) is 22.5. The van der Waals surface area contributed by atoms with Crippen LogP contribution in [0.3, 0.4) is 0 Å². The molecule has 208 valence electrons. The van der Waals surface area contributed by atoms with E-state index in [0.717, 1.165) is 0 Å². The van der Waals surface area contributed by atoms with Crippen LogP contribution in [0.1, 0.15) is 41.0 Å². The van der Waals surface area contributed by atoms with Gasteiger partial charge in [0.1, 0.15) is 17.4 Å². The monoisotopic (exact) mass is 555 g/mol. The third-order valence-electron chi connectivity index (χ3n) is 5.08. The molecule has 1 aromatic heterocycles. The van der Waals surface area contributed by atoms with E-state index in [1.54, 1.807) is 51.1 Å². The lowest BCUT2D eigenvalue weighted by Gasteiger charge is -2.24. The van der Waals surface area contributed by atoms with E-state index in [9.17, 15) is 18.0 Å². The van der Waals surface area contributed by atoms with Gasteiger partial charge in [0.2, 0.25) is 11.8 Å². The zero-order chi connectivity index (χ0) is 28.8. The van der Waals surface area contributed by atoms with E-state index in [1.165, 1.54) is 24.3 Å². The van der Waals surface area contributed by atoms with Gasteiger partial charge in [0, 0.05) is 11.6 Å². The van der Waals surface area contributed by atoms with Gasteiger partial charge in [-0.1, -0.05) is 44.2 Å². The molecule has 0 aliphatic rings. The highest BCUT2D eigenvalue weighted by Crippen LogP contribution is 2.27. The number of nitrogens with one attached hydrogen (secondary N) is 2. The van der Waals surface area contributed by atoms with E-state index in [2.05, 4.69) is 20.0 Å². The van der Waals surface area contributed by atoms with Crippen LogP contribution < -0.4 is 20.5 Å². The van der Waals surface area contributed by atoms with E-state index < -0.39 is 33.7 Å². The molecule has 1 atom stereocenters. The van der Waals surface area contributed by atoms with Crippen LogP contribution in [0.4, 0.5) is 10.7 Å². The Balaban J connectivity index is 1.83. The molecule has 0 bridgehead atoms. The number of aromatic nitrogens is 2. The van der Waals surface area contributed by atoms with Crippen LogP contribution in [0.15, 0.2) is 65.6 Å². The van der Waals surface area contributed by atoms with Crippen LogP contribution in [0.25, 0.3) is 11.3 Å². The first kappa shape index (κ1) is 29.4. The van der Waals surface area contributed by atoms with Gasteiger partial charge >= 0.3 is 6.09 Å². The molecule has 2 aromatic carbocycles. The van der Waals surface area contributed by atoms with Crippen LogP contribution in [0, 0.1) is 5.92 Å². The molecule has 2 amide bonds. The van der Waals surface area contributed by atoms with Gasteiger partial charge in [-0.3, -0.25) is 4.79 Å². The van der Waals surface area contributed by atoms with Gasteiger partial charge in [-0.25, -0.2) is 22.9 Å². The van der Waals surface area contributed by atoms with Gasteiger partial charge in [-0.05, 0) is 57.4 Å². The minimum Gasteiger partial charge on any atom is -0.444 e. The SMILES string of the molecule is CC(C)C[C@H](NC(=O)OC(C)(C)C)C(=O)NS(=O)(=O)c1cccc(-c2cc(Oc3ccccc3)nc(N)n2)c1. The number of amides is 2. The van der Waals surface area contributed by atoms with Crippen molar-refractivity contribution in [2.24, 2.45) is 5.92 Å². The lowest BCUT2D eigenvalue weighted by Crippen LogP contribution is -2.50. The zero-order valence-corrected chi connectivity index (χ0v) is 23.3. The Morgan fingerprint density at radius 2 is 1.69 bits per heavy atom. The van der Waals surface area contributed by atoms with Crippen molar-refractivity contribution >= 4 is 28.0 Å². The second kappa shape index (κ2) is 12.1. The lowest BCUT2D eigenvalue weighted by atomic mass is 10.0. The summed E-state index contributed by atoms with van der Waals surface area (Å²) in [5, 5.41) is 2.47. The molecular weight excluding hydrogens is 522 g/mol. The molecule has 0 saturated carbocycles. The predicted octanol–water partition coefficient (Wildman–Crippen LogP) is 4.26. The molecule has 0 spiro atoms. The number of anilines is 1. The molecule has 1 heterocycles. The van der Waals surface area contributed by atoms with E-state index in [-0.39, 0.29) is 29.1 Å². The van der Waals surface area contributed by atoms with Crippen molar-refractivity contribution in [3.8, 4) is 22.9 Å². The van der Waals surface area contributed by atoms with Crippen LogP contribution >= 0.6 is 0 Å². The number of carbonyl (C=O) groups excluding carboxylic acids is 2. The Labute approximate surface area is 228 Å². The second-order valence-electron chi connectivity index (χ2n) is 10.2. The molecule has 3 rings (SSSR count). The highest BCUT2D eigenvalue weighted by atomic mass is 32.2. The quantitative estimate of drug-likeness (QED) is 0.350. The summed E-state index contributed by atoms with van der Waals surface area (Å²) in [6.45, 7) is 8.74. The summed E-state index contributed by atoms with van der Waals surface area (Å²) >= 11 is 0. The van der Waals surface area contributed by atoms with Crippen LogP contribution in [0.5, 0.6) is 11.6 Å². The van der Waals surface area contributed by atoms with Crippen molar-refractivity contribution in [2.45, 2.75) is 57.6 Å². The van der Waals surface area contributed by atoms with Crippen molar-refractivity contribution in [3.63, 3.8) is 0 Å². The fraction of sp³-hybridized carbons (Fsp3) is 0.333. The summed E-state index contributed by atoms with van der Waals surface area (Å²) in [6.07, 6.45) is -0.622. The first-order chi connectivity index (χ1) is 18.2. The highest BCUT2D eigenvalue weighted by molar-refractivity contribution is 7.90. The number of ether oxygens (including phenoxy) is 2. The number of carbonyl (C=O) groups is 2. The van der Waals surface area contributed by atoms with Gasteiger partial charge in [-0.2, -0.15) is 4.98 Å². The molecule has 0 saturated heterocycles. The van der Waals surface area contributed by atoms with Crippen LogP contribution in [-0.2, 0) is 19.6 Å². The van der Waals surface area contributed by atoms with E-state index >= 15 is 0 Å². The molecule has 0 aliphatic heterocycles. The summed E-state index contributed by atoms with van der Waals surface area (Å²) in [5.74, 6) is -0.252. The predicted molar refractivity (Wildman–Crippen MR) is 146 cm³/mol. The summed E-state index contributed by atoms with van der Waals surface area (Å²) in [4.78, 5) is 33.3. The number of para-hydroxylation sites is 1. The highest BCUT2D eigenvalue weighted by Gasteiger charge is 2.29. The minimum absolute atomic E-state index is 0.0164. The van der Waals surface area contributed by atoms with Gasteiger partial charge in [0.15, 0.2) is 0 Å². The van der Waals surface area contributed by atoms with E-state index in [1.807, 2.05) is 19.9 Å². The minimum atomic E-state index is -4.31. The fourth-order valence-electron chi connectivity index (χ4n) is 3.49. The normalized spacial score (nSPS) is 12.5. The summed E-state index contributed by atoms with van der Waals surface area (Å²) in [7, 11) is -4.31. The molecule has 4 N–H and O–H groups in total. The van der Waals surface area contributed by atoms with Crippen molar-refractivity contribution < 1.29 is 27.5 Å². The number of nitrogen functional groups attached to an aromatic ring is 1. The van der Waals surface area contributed by atoms with Gasteiger partial charge in [0.25, 0.3) is 15.9 Å². The summed E-state index contributed by atoms with van der Waals surface area (Å²) < 4.78 is 39.3.